The predicted octanol–water partition coefficient (Wildman–Crippen LogP) is 2.70. The minimum absolute atomic E-state index is 0.0271. The lowest BCUT2D eigenvalue weighted by Gasteiger charge is -2.05. The first kappa shape index (κ1) is 16.3. The van der Waals surface area contributed by atoms with Gasteiger partial charge in [-0.25, -0.2) is 0 Å². The molecule has 0 aliphatic heterocycles. The van der Waals surface area contributed by atoms with Gasteiger partial charge in [-0.15, -0.1) is 0 Å². The third kappa shape index (κ3) is 7.42. The van der Waals surface area contributed by atoms with E-state index in [2.05, 4.69) is 15.9 Å². The maximum absolute atomic E-state index is 11.8. The molecular formula is C14H19BrO4. The summed E-state index contributed by atoms with van der Waals surface area (Å²) in [5.41, 5.74) is 0.649. The first-order chi connectivity index (χ1) is 9.24. The monoisotopic (exact) mass is 330 g/mol. The molecule has 0 unspecified atom stereocenters. The highest BCUT2D eigenvalue weighted by atomic mass is 79.9. The van der Waals surface area contributed by atoms with Gasteiger partial charge in [0.15, 0.2) is 5.78 Å². The molecular weight excluding hydrogens is 312 g/mol. The SMILES string of the molecule is COCCCOCCOCC(=O)c1cccc(Br)c1. The number of benzene rings is 1. The zero-order valence-electron chi connectivity index (χ0n) is 11.1. The summed E-state index contributed by atoms with van der Waals surface area (Å²) in [5.74, 6) is -0.0271. The van der Waals surface area contributed by atoms with Gasteiger partial charge < -0.3 is 14.2 Å². The van der Waals surface area contributed by atoms with E-state index in [1.807, 2.05) is 12.1 Å². The second-order valence-corrected chi connectivity index (χ2v) is 4.86. The van der Waals surface area contributed by atoms with Crippen LogP contribution in [0.25, 0.3) is 0 Å². The molecule has 0 amide bonds. The molecule has 0 atom stereocenters. The number of halogens is 1. The van der Waals surface area contributed by atoms with Crippen molar-refractivity contribution in [2.75, 3.05) is 40.1 Å². The summed E-state index contributed by atoms with van der Waals surface area (Å²) >= 11 is 3.33. The number of Topliss-reactive ketones (excluding diaryl/α,β-unsaturated/α-hetero) is 1. The average molecular weight is 331 g/mol. The zero-order valence-corrected chi connectivity index (χ0v) is 12.6. The summed E-state index contributed by atoms with van der Waals surface area (Å²) < 4.78 is 16.4. The minimum Gasteiger partial charge on any atom is -0.385 e. The van der Waals surface area contributed by atoms with Crippen LogP contribution in [0.15, 0.2) is 28.7 Å². The fourth-order valence-corrected chi connectivity index (χ4v) is 1.83. The van der Waals surface area contributed by atoms with E-state index < -0.39 is 0 Å². The van der Waals surface area contributed by atoms with Gasteiger partial charge in [-0.05, 0) is 18.6 Å². The Bertz CT molecular complexity index is 381. The van der Waals surface area contributed by atoms with Crippen LogP contribution in [0.5, 0.6) is 0 Å². The van der Waals surface area contributed by atoms with Crippen molar-refractivity contribution in [3.8, 4) is 0 Å². The van der Waals surface area contributed by atoms with Crippen LogP contribution in [0.3, 0.4) is 0 Å². The molecule has 0 fully saturated rings. The van der Waals surface area contributed by atoms with Crippen molar-refractivity contribution in [3.63, 3.8) is 0 Å². The van der Waals surface area contributed by atoms with Crippen LogP contribution in [0.4, 0.5) is 0 Å². The molecule has 0 heterocycles. The lowest BCUT2D eigenvalue weighted by atomic mass is 10.1. The lowest BCUT2D eigenvalue weighted by Crippen LogP contribution is -2.13. The molecule has 0 bridgehead atoms. The number of methoxy groups -OCH3 is 1. The average Bonchev–Trinajstić information content (AvgIpc) is 2.41. The number of hydrogen-bond donors (Lipinski definition) is 0. The zero-order chi connectivity index (χ0) is 13.9. The largest absolute Gasteiger partial charge is 0.385 e. The Hall–Kier alpha value is -0.750. The van der Waals surface area contributed by atoms with Gasteiger partial charge in [0.05, 0.1) is 13.2 Å². The minimum atomic E-state index is -0.0271. The van der Waals surface area contributed by atoms with Gasteiger partial charge in [-0.1, -0.05) is 28.1 Å². The molecule has 19 heavy (non-hydrogen) atoms. The lowest BCUT2D eigenvalue weighted by molar-refractivity contribution is 0.0382. The van der Waals surface area contributed by atoms with E-state index in [0.29, 0.717) is 32.0 Å². The molecule has 0 radical (unpaired) electrons. The third-order valence-electron chi connectivity index (χ3n) is 2.39. The van der Waals surface area contributed by atoms with Crippen molar-refractivity contribution in [3.05, 3.63) is 34.3 Å². The van der Waals surface area contributed by atoms with Gasteiger partial charge in [0, 0.05) is 30.4 Å². The van der Waals surface area contributed by atoms with E-state index in [0.717, 1.165) is 10.9 Å². The molecule has 0 N–H and O–H groups in total. The van der Waals surface area contributed by atoms with E-state index >= 15 is 0 Å². The summed E-state index contributed by atoms with van der Waals surface area (Å²) in [5, 5.41) is 0. The van der Waals surface area contributed by atoms with Crippen molar-refractivity contribution >= 4 is 21.7 Å². The second kappa shape index (κ2) is 10.1. The smallest absolute Gasteiger partial charge is 0.188 e. The van der Waals surface area contributed by atoms with Gasteiger partial charge >= 0.3 is 0 Å². The second-order valence-electron chi connectivity index (χ2n) is 3.94. The molecule has 0 aliphatic carbocycles. The van der Waals surface area contributed by atoms with E-state index in [1.54, 1.807) is 19.2 Å². The first-order valence-electron chi connectivity index (χ1n) is 6.17. The Labute approximate surface area is 122 Å². The van der Waals surface area contributed by atoms with Crippen molar-refractivity contribution in [1.82, 2.24) is 0 Å². The molecule has 4 nitrogen and oxygen atoms in total. The Morgan fingerprint density at radius 1 is 1.16 bits per heavy atom. The van der Waals surface area contributed by atoms with Crippen molar-refractivity contribution in [1.29, 1.82) is 0 Å². The van der Waals surface area contributed by atoms with E-state index in [-0.39, 0.29) is 12.4 Å². The Morgan fingerprint density at radius 3 is 2.68 bits per heavy atom. The van der Waals surface area contributed by atoms with Crippen LogP contribution in [0.1, 0.15) is 16.8 Å². The Kier molecular flexibility index (Phi) is 8.66. The first-order valence-corrected chi connectivity index (χ1v) is 6.96. The molecule has 0 saturated heterocycles. The highest BCUT2D eigenvalue weighted by Gasteiger charge is 2.05. The molecule has 0 aliphatic rings. The molecule has 106 valence electrons. The Morgan fingerprint density at radius 2 is 1.95 bits per heavy atom. The van der Waals surface area contributed by atoms with Crippen LogP contribution in [0.2, 0.25) is 0 Å². The van der Waals surface area contributed by atoms with Crippen LogP contribution < -0.4 is 0 Å². The van der Waals surface area contributed by atoms with Gasteiger partial charge in [-0.2, -0.15) is 0 Å². The Balaban J connectivity index is 2.08. The fourth-order valence-electron chi connectivity index (χ4n) is 1.44. The number of hydrogen-bond acceptors (Lipinski definition) is 4. The number of ether oxygens (including phenoxy) is 3. The fraction of sp³-hybridized carbons (Fsp3) is 0.500. The predicted molar refractivity (Wildman–Crippen MR) is 76.6 cm³/mol. The molecule has 0 saturated carbocycles. The van der Waals surface area contributed by atoms with E-state index in [4.69, 9.17) is 14.2 Å². The van der Waals surface area contributed by atoms with Gasteiger partial charge in [0.2, 0.25) is 0 Å². The number of carbonyl (C=O) groups excluding carboxylic acids is 1. The van der Waals surface area contributed by atoms with Gasteiger partial charge in [0.1, 0.15) is 6.61 Å². The number of carbonyl (C=O) groups is 1. The van der Waals surface area contributed by atoms with E-state index in [1.165, 1.54) is 0 Å². The quantitative estimate of drug-likeness (QED) is 0.488. The topological polar surface area (TPSA) is 44.8 Å². The standard InChI is InChI=1S/C14H19BrO4/c1-17-6-3-7-18-8-9-19-11-14(16)12-4-2-5-13(15)10-12/h2,4-5,10H,3,6-9,11H2,1H3. The van der Waals surface area contributed by atoms with Crippen LogP contribution in [0, 0.1) is 0 Å². The van der Waals surface area contributed by atoms with Gasteiger partial charge in [-0.3, -0.25) is 4.79 Å². The molecule has 5 heteroatoms. The molecule has 0 spiro atoms. The molecule has 1 aromatic rings. The summed E-state index contributed by atoms with van der Waals surface area (Å²) in [6.45, 7) is 2.35. The molecule has 1 aromatic carbocycles. The number of ketones is 1. The normalized spacial score (nSPS) is 10.6. The van der Waals surface area contributed by atoms with Crippen molar-refractivity contribution < 1.29 is 19.0 Å². The maximum Gasteiger partial charge on any atom is 0.188 e. The maximum atomic E-state index is 11.8. The highest BCUT2D eigenvalue weighted by molar-refractivity contribution is 9.10. The van der Waals surface area contributed by atoms with Gasteiger partial charge in [0.25, 0.3) is 0 Å². The third-order valence-corrected chi connectivity index (χ3v) is 2.88. The summed E-state index contributed by atoms with van der Waals surface area (Å²) in [6, 6.07) is 7.27. The van der Waals surface area contributed by atoms with Crippen LogP contribution in [-0.2, 0) is 14.2 Å². The van der Waals surface area contributed by atoms with Crippen LogP contribution in [-0.4, -0.2) is 45.9 Å². The molecule has 0 aromatic heterocycles. The molecule has 1 rings (SSSR count). The van der Waals surface area contributed by atoms with Crippen LogP contribution >= 0.6 is 15.9 Å². The summed E-state index contributed by atoms with van der Waals surface area (Å²) in [4.78, 5) is 11.8. The summed E-state index contributed by atoms with van der Waals surface area (Å²) in [7, 11) is 1.66. The summed E-state index contributed by atoms with van der Waals surface area (Å²) in [6.07, 6.45) is 0.869. The van der Waals surface area contributed by atoms with E-state index in [9.17, 15) is 4.79 Å². The van der Waals surface area contributed by atoms with Crippen molar-refractivity contribution in [2.24, 2.45) is 0 Å². The highest BCUT2D eigenvalue weighted by Crippen LogP contribution is 2.12. The number of rotatable bonds is 10. The van der Waals surface area contributed by atoms with Crippen molar-refractivity contribution in [2.45, 2.75) is 6.42 Å².